The predicted octanol–water partition coefficient (Wildman–Crippen LogP) is 2.68. The predicted molar refractivity (Wildman–Crippen MR) is 84.5 cm³/mol. The Morgan fingerprint density at radius 1 is 1.24 bits per heavy atom. The number of amides is 1. The van der Waals surface area contributed by atoms with Crippen LogP contribution in [0.2, 0.25) is 10.0 Å². The standard InChI is InChI=1S/C13H18Cl2N2O3S/c1-4-16-13(18)9-5-12(11(15)6-10(9)14)21(19,20)17-7-8(2)3/h5-6,8,17H,4,7H2,1-3H3,(H,16,18). The summed E-state index contributed by atoms with van der Waals surface area (Å²) in [5, 5.41) is 2.65. The minimum atomic E-state index is -3.79. The lowest BCUT2D eigenvalue weighted by molar-refractivity contribution is 0.0956. The molecule has 118 valence electrons. The van der Waals surface area contributed by atoms with Crippen molar-refractivity contribution in [3.8, 4) is 0 Å². The summed E-state index contributed by atoms with van der Waals surface area (Å²) in [6, 6.07) is 2.45. The molecule has 0 unspecified atom stereocenters. The van der Waals surface area contributed by atoms with Gasteiger partial charge in [-0.25, -0.2) is 13.1 Å². The molecule has 0 aliphatic rings. The Kier molecular flexibility index (Phi) is 6.46. The highest BCUT2D eigenvalue weighted by Gasteiger charge is 2.22. The fourth-order valence-electron chi connectivity index (χ4n) is 1.52. The number of halogens is 2. The first kappa shape index (κ1) is 18.2. The zero-order chi connectivity index (χ0) is 16.2. The van der Waals surface area contributed by atoms with Crippen LogP contribution in [0.1, 0.15) is 31.1 Å². The fourth-order valence-corrected chi connectivity index (χ4v) is 3.59. The van der Waals surface area contributed by atoms with E-state index in [1.165, 1.54) is 12.1 Å². The molecule has 0 atom stereocenters. The molecule has 0 fully saturated rings. The van der Waals surface area contributed by atoms with Gasteiger partial charge in [0.15, 0.2) is 0 Å². The van der Waals surface area contributed by atoms with Crippen molar-refractivity contribution in [2.75, 3.05) is 13.1 Å². The van der Waals surface area contributed by atoms with Crippen LogP contribution in [-0.4, -0.2) is 27.4 Å². The summed E-state index contributed by atoms with van der Waals surface area (Å²) in [5.74, 6) is -0.298. The summed E-state index contributed by atoms with van der Waals surface area (Å²) in [5.41, 5.74) is 0.0767. The molecule has 0 radical (unpaired) electrons. The zero-order valence-electron chi connectivity index (χ0n) is 12.0. The average Bonchev–Trinajstić information content (AvgIpc) is 2.36. The van der Waals surface area contributed by atoms with E-state index in [1.807, 2.05) is 13.8 Å². The summed E-state index contributed by atoms with van der Waals surface area (Å²) in [6.07, 6.45) is 0. The van der Waals surface area contributed by atoms with Crippen LogP contribution in [0.4, 0.5) is 0 Å². The van der Waals surface area contributed by atoms with Crippen LogP contribution < -0.4 is 10.0 Å². The number of carbonyl (C=O) groups is 1. The highest BCUT2D eigenvalue weighted by molar-refractivity contribution is 7.89. The third kappa shape index (κ3) is 4.85. The van der Waals surface area contributed by atoms with E-state index in [0.29, 0.717) is 6.54 Å². The maximum Gasteiger partial charge on any atom is 0.252 e. The fraction of sp³-hybridized carbons (Fsp3) is 0.462. The first-order valence-electron chi connectivity index (χ1n) is 6.46. The van der Waals surface area contributed by atoms with Crippen molar-refractivity contribution >= 4 is 39.1 Å². The Bertz CT molecular complexity index is 631. The number of nitrogens with one attached hydrogen (secondary N) is 2. The Hall–Kier alpha value is -0.820. The van der Waals surface area contributed by atoms with Crippen LogP contribution in [0.3, 0.4) is 0 Å². The van der Waals surface area contributed by atoms with Gasteiger partial charge in [-0.3, -0.25) is 4.79 Å². The zero-order valence-corrected chi connectivity index (χ0v) is 14.4. The molecule has 0 saturated heterocycles. The van der Waals surface area contributed by atoms with Gasteiger partial charge in [0.1, 0.15) is 4.90 Å². The van der Waals surface area contributed by atoms with E-state index in [9.17, 15) is 13.2 Å². The molecule has 8 heteroatoms. The first-order valence-corrected chi connectivity index (χ1v) is 8.69. The van der Waals surface area contributed by atoms with Crippen molar-refractivity contribution in [1.29, 1.82) is 0 Å². The Labute approximate surface area is 135 Å². The van der Waals surface area contributed by atoms with Crippen molar-refractivity contribution in [3.05, 3.63) is 27.7 Å². The molecule has 1 amide bonds. The minimum Gasteiger partial charge on any atom is -0.352 e. The van der Waals surface area contributed by atoms with Crippen molar-refractivity contribution < 1.29 is 13.2 Å². The van der Waals surface area contributed by atoms with Crippen LogP contribution in [0, 0.1) is 5.92 Å². The van der Waals surface area contributed by atoms with Crippen LogP contribution in [0.5, 0.6) is 0 Å². The lowest BCUT2D eigenvalue weighted by Gasteiger charge is -2.12. The Morgan fingerprint density at radius 3 is 2.38 bits per heavy atom. The first-order chi connectivity index (χ1) is 9.69. The highest BCUT2D eigenvalue weighted by Crippen LogP contribution is 2.28. The molecule has 1 aromatic carbocycles. The second-order valence-corrected chi connectivity index (χ2v) is 7.42. The highest BCUT2D eigenvalue weighted by atomic mass is 35.5. The third-order valence-corrected chi connectivity index (χ3v) is 4.78. The van der Waals surface area contributed by atoms with E-state index in [-0.39, 0.29) is 33.0 Å². The molecular formula is C13H18Cl2N2O3S. The van der Waals surface area contributed by atoms with Crippen LogP contribution >= 0.6 is 23.2 Å². The molecule has 1 rings (SSSR count). The third-order valence-electron chi connectivity index (χ3n) is 2.57. The van der Waals surface area contributed by atoms with Crippen LogP contribution in [-0.2, 0) is 10.0 Å². The number of hydrogen-bond donors (Lipinski definition) is 2. The molecule has 2 N–H and O–H groups in total. The number of carbonyl (C=O) groups excluding carboxylic acids is 1. The summed E-state index contributed by atoms with van der Waals surface area (Å²) in [6.45, 7) is 6.20. The monoisotopic (exact) mass is 352 g/mol. The second-order valence-electron chi connectivity index (χ2n) is 4.87. The van der Waals surface area contributed by atoms with Gasteiger partial charge in [0, 0.05) is 13.1 Å². The van der Waals surface area contributed by atoms with E-state index in [2.05, 4.69) is 10.0 Å². The summed E-state index contributed by atoms with van der Waals surface area (Å²) < 4.78 is 26.9. The van der Waals surface area contributed by atoms with Gasteiger partial charge in [-0.2, -0.15) is 0 Å². The molecular weight excluding hydrogens is 335 g/mol. The number of benzene rings is 1. The topological polar surface area (TPSA) is 75.3 Å². The average molecular weight is 353 g/mol. The van der Waals surface area contributed by atoms with Gasteiger partial charge in [-0.15, -0.1) is 0 Å². The molecule has 0 saturated carbocycles. The van der Waals surface area contributed by atoms with Crippen LogP contribution in [0.25, 0.3) is 0 Å². The summed E-state index contributed by atoms with van der Waals surface area (Å²) in [4.78, 5) is 11.7. The minimum absolute atomic E-state index is 0.0238. The van der Waals surface area contributed by atoms with Crippen molar-refractivity contribution in [2.45, 2.75) is 25.7 Å². The summed E-state index contributed by atoms with van der Waals surface area (Å²) >= 11 is 11.9. The van der Waals surface area contributed by atoms with E-state index >= 15 is 0 Å². The Morgan fingerprint density at radius 2 is 1.86 bits per heavy atom. The molecule has 0 aliphatic heterocycles. The molecule has 1 aromatic rings. The van der Waals surface area contributed by atoms with Gasteiger partial charge in [-0.05, 0) is 25.0 Å². The van der Waals surface area contributed by atoms with Crippen molar-refractivity contribution in [1.82, 2.24) is 10.0 Å². The lowest BCUT2D eigenvalue weighted by atomic mass is 10.2. The molecule has 0 bridgehead atoms. The SMILES string of the molecule is CCNC(=O)c1cc(S(=O)(=O)NCC(C)C)c(Cl)cc1Cl. The normalized spacial score (nSPS) is 11.7. The van der Waals surface area contributed by atoms with E-state index < -0.39 is 15.9 Å². The van der Waals surface area contributed by atoms with Crippen molar-refractivity contribution in [2.24, 2.45) is 5.92 Å². The van der Waals surface area contributed by atoms with Gasteiger partial charge >= 0.3 is 0 Å². The number of hydrogen-bond acceptors (Lipinski definition) is 3. The van der Waals surface area contributed by atoms with Gasteiger partial charge in [0.2, 0.25) is 10.0 Å². The molecule has 21 heavy (non-hydrogen) atoms. The van der Waals surface area contributed by atoms with Gasteiger partial charge in [-0.1, -0.05) is 37.0 Å². The second kappa shape index (κ2) is 7.45. The van der Waals surface area contributed by atoms with Gasteiger partial charge in [0.25, 0.3) is 5.91 Å². The molecule has 0 spiro atoms. The van der Waals surface area contributed by atoms with E-state index in [1.54, 1.807) is 6.92 Å². The lowest BCUT2D eigenvalue weighted by Crippen LogP contribution is -2.28. The van der Waals surface area contributed by atoms with E-state index in [4.69, 9.17) is 23.2 Å². The maximum atomic E-state index is 12.2. The molecule has 0 aliphatic carbocycles. The molecule has 5 nitrogen and oxygen atoms in total. The van der Waals surface area contributed by atoms with Crippen LogP contribution in [0.15, 0.2) is 17.0 Å². The molecule has 0 aromatic heterocycles. The summed E-state index contributed by atoms with van der Waals surface area (Å²) in [7, 11) is -3.79. The quantitative estimate of drug-likeness (QED) is 0.826. The van der Waals surface area contributed by atoms with Crippen molar-refractivity contribution in [3.63, 3.8) is 0 Å². The molecule has 0 heterocycles. The number of rotatable bonds is 6. The van der Waals surface area contributed by atoms with Gasteiger partial charge in [0.05, 0.1) is 15.6 Å². The van der Waals surface area contributed by atoms with Gasteiger partial charge < -0.3 is 5.32 Å². The van der Waals surface area contributed by atoms with E-state index in [0.717, 1.165) is 0 Å². The number of sulfonamides is 1. The maximum absolute atomic E-state index is 12.2. The largest absolute Gasteiger partial charge is 0.352 e. The smallest absolute Gasteiger partial charge is 0.252 e. The Balaban J connectivity index is 3.24.